The number of nitrogens with one attached hydrogen (secondary N) is 1. The molecule has 0 spiro atoms. The Morgan fingerprint density at radius 2 is 1.87 bits per heavy atom. The third-order valence-electron chi connectivity index (χ3n) is 4.90. The number of ketones is 1. The van der Waals surface area contributed by atoms with Gasteiger partial charge in [0.15, 0.2) is 11.5 Å². The predicted octanol–water partition coefficient (Wildman–Crippen LogP) is 2.61. The van der Waals surface area contributed by atoms with Gasteiger partial charge in [-0.3, -0.25) is 14.4 Å². The smallest absolute Gasteiger partial charge is 0.295 e. The van der Waals surface area contributed by atoms with Crippen molar-refractivity contribution in [3.63, 3.8) is 0 Å². The van der Waals surface area contributed by atoms with E-state index >= 15 is 0 Å². The van der Waals surface area contributed by atoms with Crippen LogP contribution in [-0.4, -0.2) is 52.9 Å². The van der Waals surface area contributed by atoms with E-state index in [1.807, 2.05) is 0 Å². The van der Waals surface area contributed by atoms with Gasteiger partial charge in [0.25, 0.3) is 11.7 Å². The molecular formula is C22H21ClN2O6. The van der Waals surface area contributed by atoms with Gasteiger partial charge >= 0.3 is 0 Å². The number of hydrogen-bond acceptors (Lipinski definition) is 6. The lowest BCUT2D eigenvalue weighted by molar-refractivity contribution is -0.140. The van der Waals surface area contributed by atoms with Crippen LogP contribution in [0.15, 0.2) is 48.0 Å². The Balaban J connectivity index is 2.14. The summed E-state index contributed by atoms with van der Waals surface area (Å²) in [6.45, 7) is 1.50. The fourth-order valence-electron chi connectivity index (χ4n) is 3.44. The zero-order chi connectivity index (χ0) is 22.7. The van der Waals surface area contributed by atoms with E-state index in [0.29, 0.717) is 16.1 Å². The Labute approximate surface area is 183 Å². The van der Waals surface area contributed by atoms with E-state index in [4.69, 9.17) is 16.3 Å². The van der Waals surface area contributed by atoms with E-state index in [0.717, 1.165) is 0 Å². The largest absolute Gasteiger partial charge is 0.507 e. The van der Waals surface area contributed by atoms with Crippen molar-refractivity contribution in [1.82, 2.24) is 10.2 Å². The molecule has 3 rings (SSSR count). The molecule has 0 bridgehead atoms. The van der Waals surface area contributed by atoms with Crippen molar-refractivity contribution in [3.05, 3.63) is 64.2 Å². The first-order valence-electron chi connectivity index (χ1n) is 9.40. The van der Waals surface area contributed by atoms with E-state index in [1.165, 1.54) is 49.3 Å². The molecule has 1 unspecified atom stereocenters. The lowest BCUT2D eigenvalue weighted by Crippen LogP contribution is -2.37. The monoisotopic (exact) mass is 444 g/mol. The van der Waals surface area contributed by atoms with Crippen molar-refractivity contribution in [2.75, 3.05) is 20.2 Å². The molecule has 1 fully saturated rings. The Morgan fingerprint density at radius 1 is 1.19 bits per heavy atom. The second-order valence-corrected chi connectivity index (χ2v) is 7.35. The quantitative estimate of drug-likeness (QED) is 0.358. The molecule has 0 radical (unpaired) electrons. The minimum atomic E-state index is -0.945. The van der Waals surface area contributed by atoms with Crippen molar-refractivity contribution in [3.8, 4) is 11.5 Å². The Bertz CT molecular complexity index is 1060. The van der Waals surface area contributed by atoms with Crippen LogP contribution in [0.5, 0.6) is 11.5 Å². The number of likely N-dealkylation sites (tertiary alicyclic amines) is 1. The van der Waals surface area contributed by atoms with Crippen molar-refractivity contribution in [2.45, 2.75) is 13.0 Å². The zero-order valence-corrected chi connectivity index (χ0v) is 17.6. The lowest BCUT2D eigenvalue weighted by atomic mass is 9.95. The number of hydrogen-bond donors (Lipinski definition) is 3. The topological polar surface area (TPSA) is 116 Å². The number of halogens is 1. The number of aliphatic hydroxyl groups excluding tert-OH is 1. The van der Waals surface area contributed by atoms with E-state index in [-0.39, 0.29) is 41.8 Å². The van der Waals surface area contributed by atoms with Crippen LogP contribution in [0.4, 0.5) is 0 Å². The summed E-state index contributed by atoms with van der Waals surface area (Å²) in [6.07, 6.45) is 0. The molecule has 1 aliphatic heterocycles. The number of benzene rings is 2. The summed E-state index contributed by atoms with van der Waals surface area (Å²) >= 11 is 5.91. The Hall–Kier alpha value is -3.52. The molecule has 1 saturated heterocycles. The number of aliphatic hydroxyl groups is 1. The molecule has 0 aliphatic carbocycles. The normalized spacial score (nSPS) is 17.6. The van der Waals surface area contributed by atoms with Crippen molar-refractivity contribution < 1.29 is 29.3 Å². The summed E-state index contributed by atoms with van der Waals surface area (Å²) in [7, 11) is 1.38. The highest BCUT2D eigenvalue weighted by molar-refractivity contribution is 6.46. The van der Waals surface area contributed by atoms with E-state index < -0.39 is 17.7 Å². The molecule has 2 aromatic carbocycles. The predicted molar refractivity (Wildman–Crippen MR) is 114 cm³/mol. The van der Waals surface area contributed by atoms with Crippen molar-refractivity contribution in [1.29, 1.82) is 0 Å². The standard InChI is InChI=1S/C22H21ClN2O6/c1-12(26)24-9-10-25-19(14-5-8-16(27)17(11-14)31-2)18(21(29)22(25)30)20(28)13-3-6-15(23)7-4-13/h3-8,11,19,27-28H,9-10H2,1-2H3,(H,24,26)/b20-18-. The third-order valence-corrected chi connectivity index (χ3v) is 5.16. The van der Waals surface area contributed by atoms with Crippen LogP contribution >= 0.6 is 11.6 Å². The van der Waals surface area contributed by atoms with Gasteiger partial charge in [0, 0.05) is 30.6 Å². The highest BCUT2D eigenvalue weighted by Crippen LogP contribution is 2.41. The van der Waals surface area contributed by atoms with Gasteiger partial charge in [-0.1, -0.05) is 17.7 Å². The van der Waals surface area contributed by atoms with Gasteiger partial charge in [-0.15, -0.1) is 0 Å². The number of carbonyl (C=O) groups is 3. The number of phenolic OH excluding ortho intramolecular Hbond substituents is 1. The Morgan fingerprint density at radius 3 is 2.48 bits per heavy atom. The number of amides is 2. The minimum absolute atomic E-state index is 0.0371. The van der Waals surface area contributed by atoms with Crippen molar-refractivity contribution in [2.24, 2.45) is 0 Å². The van der Waals surface area contributed by atoms with Crippen LogP contribution in [-0.2, 0) is 14.4 Å². The van der Waals surface area contributed by atoms with Crippen LogP contribution in [0.3, 0.4) is 0 Å². The zero-order valence-electron chi connectivity index (χ0n) is 16.9. The van der Waals surface area contributed by atoms with Gasteiger partial charge in [-0.05, 0) is 42.0 Å². The first-order valence-corrected chi connectivity index (χ1v) is 9.78. The third kappa shape index (κ3) is 4.49. The van der Waals surface area contributed by atoms with Crippen LogP contribution < -0.4 is 10.1 Å². The van der Waals surface area contributed by atoms with Gasteiger partial charge in [0.1, 0.15) is 5.76 Å². The molecule has 3 N–H and O–H groups in total. The van der Waals surface area contributed by atoms with Gasteiger partial charge in [0.05, 0.1) is 18.7 Å². The number of nitrogens with zero attached hydrogens (tertiary/aromatic N) is 1. The molecule has 0 saturated carbocycles. The summed E-state index contributed by atoms with van der Waals surface area (Å²) in [5.41, 5.74) is 0.662. The number of phenols is 1. The number of aromatic hydroxyl groups is 1. The molecule has 162 valence electrons. The molecule has 31 heavy (non-hydrogen) atoms. The van der Waals surface area contributed by atoms with Crippen LogP contribution in [0, 0.1) is 0 Å². The minimum Gasteiger partial charge on any atom is -0.507 e. The molecular weight excluding hydrogens is 424 g/mol. The first-order chi connectivity index (χ1) is 14.7. The molecule has 8 nitrogen and oxygen atoms in total. The number of Topliss-reactive ketones (excluding diaryl/α,β-unsaturated/α-hetero) is 1. The molecule has 1 aliphatic rings. The van der Waals surface area contributed by atoms with Gasteiger partial charge < -0.3 is 25.2 Å². The average Bonchev–Trinajstić information content (AvgIpc) is 2.99. The summed E-state index contributed by atoms with van der Waals surface area (Å²) in [5.74, 6) is -2.25. The summed E-state index contributed by atoms with van der Waals surface area (Å²) in [5, 5.41) is 23.9. The van der Waals surface area contributed by atoms with Crippen LogP contribution in [0.25, 0.3) is 5.76 Å². The fourth-order valence-corrected chi connectivity index (χ4v) is 3.56. The van der Waals surface area contributed by atoms with Gasteiger partial charge in [0.2, 0.25) is 5.91 Å². The van der Waals surface area contributed by atoms with E-state index in [1.54, 1.807) is 12.1 Å². The van der Waals surface area contributed by atoms with Crippen LogP contribution in [0.2, 0.25) is 5.02 Å². The Kier molecular flexibility index (Phi) is 6.50. The average molecular weight is 445 g/mol. The van der Waals surface area contributed by atoms with E-state index in [9.17, 15) is 24.6 Å². The first kappa shape index (κ1) is 22.2. The number of rotatable bonds is 6. The molecule has 2 aromatic rings. The second-order valence-electron chi connectivity index (χ2n) is 6.91. The number of carbonyl (C=O) groups excluding carboxylic acids is 3. The second kappa shape index (κ2) is 9.09. The van der Waals surface area contributed by atoms with Gasteiger partial charge in [-0.2, -0.15) is 0 Å². The maximum Gasteiger partial charge on any atom is 0.295 e. The maximum atomic E-state index is 12.9. The summed E-state index contributed by atoms with van der Waals surface area (Å²) in [4.78, 5) is 38.2. The lowest BCUT2D eigenvalue weighted by Gasteiger charge is -2.25. The van der Waals surface area contributed by atoms with E-state index in [2.05, 4.69) is 5.32 Å². The fraction of sp³-hybridized carbons (Fsp3) is 0.227. The summed E-state index contributed by atoms with van der Waals surface area (Å²) < 4.78 is 5.15. The van der Waals surface area contributed by atoms with Gasteiger partial charge in [-0.25, -0.2) is 0 Å². The molecule has 1 atom stereocenters. The highest BCUT2D eigenvalue weighted by Gasteiger charge is 2.46. The number of methoxy groups -OCH3 is 1. The van der Waals surface area contributed by atoms with Crippen molar-refractivity contribution >= 4 is 35.0 Å². The molecule has 1 heterocycles. The highest BCUT2D eigenvalue weighted by atomic mass is 35.5. The van der Waals surface area contributed by atoms with Crippen LogP contribution in [0.1, 0.15) is 24.1 Å². The summed E-state index contributed by atoms with van der Waals surface area (Å²) in [6, 6.07) is 9.66. The molecule has 2 amide bonds. The maximum absolute atomic E-state index is 12.9. The molecule has 9 heteroatoms. The SMILES string of the molecule is COc1cc(C2/C(=C(/O)c3ccc(Cl)cc3)C(=O)C(=O)N2CCNC(C)=O)ccc1O. The number of ether oxygens (including phenoxy) is 1. The molecule has 0 aromatic heterocycles.